The highest BCUT2D eigenvalue weighted by Crippen LogP contribution is 2.38. The van der Waals surface area contributed by atoms with E-state index in [4.69, 9.17) is 11.6 Å². The van der Waals surface area contributed by atoms with Crippen LogP contribution in [0.5, 0.6) is 0 Å². The van der Waals surface area contributed by atoms with Gasteiger partial charge >= 0.3 is 6.18 Å². The average molecular weight is 425 g/mol. The zero-order chi connectivity index (χ0) is 20.8. The molecular weight excluding hydrogens is 409 g/mol. The molecule has 152 valence electrons. The lowest BCUT2D eigenvalue weighted by Gasteiger charge is -2.34. The van der Waals surface area contributed by atoms with Crippen LogP contribution >= 0.6 is 11.6 Å². The van der Waals surface area contributed by atoms with Crippen molar-refractivity contribution < 1.29 is 18.3 Å². The van der Waals surface area contributed by atoms with Gasteiger partial charge in [-0.2, -0.15) is 18.3 Å². The quantitative estimate of drug-likeness (QED) is 0.648. The maximum absolute atomic E-state index is 12.8. The third-order valence-corrected chi connectivity index (χ3v) is 5.14. The summed E-state index contributed by atoms with van der Waals surface area (Å²) in [5.74, 6) is 0.527. The lowest BCUT2D eigenvalue weighted by molar-refractivity contribution is -0.137. The van der Waals surface area contributed by atoms with Crippen LogP contribution in [-0.2, 0) is 13.2 Å². The second-order valence-electron chi connectivity index (χ2n) is 6.65. The molecular formula is C18H16ClF3N6O. The highest BCUT2D eigenvalue weighted by Gasteiger charge is 2.32. The minimum absolute atomic E-state index is 0.101. The molecule has 4 heterocycles. The van der Waals surface area contributed by atoms with Crippen LogP contribution in [-0.4, -0.2) is 42.9 Å². The number of hydrogen-bond donors (Lipinski definition) is 1. The van der Waals surface area contributed by atoms with Gasteiger partial charge in [0, 0.05) is 31.9 Å². The maximum atomic E-state index is 12.8. The van der Waals surface area contributed by atoms with E-state index in [-0.39, 0.29) is 10.8 Å². The molecule has 0 spiro atoms. The second kappa shape index (κ2) is 7.27. The number of aromatic nitrogens is 5. The molecule has 1 unspecified atom stereocenters. The standard InChI is InChI=1S/C18H16ClF3N6O/c1-27-14(12-4-3-10(7-23-12)18(20,21)22)11(8-26-27)15(29)13-16(19)24-9-25-17(13)28-5-2-6-28/h3-4,7-9,15,29H,2,5-6H2,1H3. The van der Waals surface area contributed by atoms with Crippen LogP contribution in [0.1, 0.15) is 29.2 Å². The van der Waals surface area contributed by atoms with E-state index in [0.29, 0.717) is 22.6 Å². The zero-order valence-corrected chi connectivity index (χ0v) is 16.0. The summed E-state index contributed by atoms with van der Waals surface area (Å²) >= 11 is 6.27. The van der Waals surface area contributed by atoms with Crippen LogP contribution in [0.25, 0.3) is 11.4 Å². The van der Waals surface area contributed by atoms with Gasteiger partial charge in [0.15, 0.2) is 0 Å². The molecule has 0 amide bonds. The number of rotatable bonds is 4. The van der Waals surface area contributed by atoms with E-state index < -0.39 is 17.8 Å². The summed E-state index contributed by atoms with van der Waals surface area (Å²) in [6, 6.07) is 2.19. The first kappa shape index (κ1) is 19.6. The largest absolute Gasteiger partial charge is 0.417 e. The van der Waals surface area contributed by atoms with Gasteiger partial charge in [-0.25, -0.2) is 9.97 Å². The first-order chi connectivity index (χ1) is 13.8. The van der Waals surface area contributed by atoms with Crippen LogP contribution in [0, 0.1) is 0 Å². The molecule has 0 aromatic carbocycles. The minimum Gasteiger partial charge on any atom is -0.383 e. The van der Waals surface area contributed by atoms with Gasteiger partial charge in [-0.05, 0) is 18.6 Å². The number of aliphatic hydroxyl groups is 1. The predicted octanol–water partition coefficient (Wildman–Crippen LogP) is 3.24. The molecule has 0 saturated carbocycles. The van der Waals surface area contributed by atoms with Gasteiger partial charge < -0.3 is 10.0 Å². The number of aryl methyl sites for hydroxylation is 1. The first-order valence-corrected chi connectivity index (χ1v) is 9.14. The lowest BCUT2D eigenvalue weighted by Crippen LogP contribution is -2.38. The van der Waals surface area contributed by atoms with Crippen molar-refractivity contribution >= 4 is 17.4 Å². The predicted molar refractivity (Wildman–Crippen MR) is 99.4 cm³/mol. The topological polar surface area (TPSA) is 80.0 Å². The minimum atomic E-state index is -4.48. The fourth-order valence-corrected chi connectivity index (χ4v) is 3.44. The van der Waals surface area contributed by atoms with E-state index in [1.807, 2.05) is 4.90 Å². The SMILES string of the molecule is Cn1ncc(C(O)c2c(Cl)ncnc2N2CCC2)c1-c1ccc(C(F)(F)F)cn1. The molecule has 3 aromatic heterocycles. The molecule has 1 N–H and O–H groups in total. The van der Waals surface area contributed by atoms with Crippen molar-refractivity contribution in [2.75, 3.05) is 18.0 Å². The molecule has 3 aromatic rings. The van der Waals surface area contributed by atoms with E-state index >= 15 is 0 Å². The second-order valence-corrected chi connectivity index (χ2v) is 7.00. The molecule has 0 aliphatic carbocycles. The Balaban J connectivity index is 1.77. The fourth-order valence-electron chi connectivity index (χ4n) is 3.21. The van der Waals surface area contributed by atoms with Crippen LogP contribution in [0.4, 0.5) is 19.0 Å². The highest BCUT2D eigenvalue weighted by molar-refractivity contribution is 6.30. The molecule has 0 bridgehead atoms. The smallest absolute Gasteiger partial charge is 0.383 e. The van der Waals surface area contributed by atoms with Gasteiger partial charge in [0.2, 0.25) is 0 Å². The summed E-state index contributed by atoms with van der Waals surface area (Å²) in [5, 5.41) is 15.4. The summed E-state index contributed by atoms with van der Waals surface area (Å²) in [5.41, 5.74) is 0.435. The number of halogens is 4. The lowest BCUT2D eigenvalue weighted by atomic mass is 10.0. The van der Waals surface area contributed by atoms with Gasteiger partial charge in [-0.3, -0.25) is 9.67 Å². The summed E-state index contributed by atoms with van der Waals surface area (Å²) in [6.07, 6.45) is -1.20. The van der Waals surface area contributed by atoms with Gasteiger partial charge in [0.05, 0.1) is 28.7 Å². The van der Waals surface area contributed by atoms with E-state index in [9.17, 15) is 18.3 Å². The summed E-state index contributed by atoms with van der Waals surface area (Å²) in [4.78, 5) is 14.1. The Kier molecular flexibility index (Phi) is 4.91. The fraction of sp³-hybridized carbons (Fsp3) is 0.333. The molecule has 0 radical (unpaired) electrons. The number of nitrogens with zero attached hydrogens (tertiary/aromatic N) is 6. The van der Waals surface area contributed by atoms with E-state index in [1.165, 1.54) is 23.3 Å². The van der Waals surface area contributed by atoms with Crippen molar-refractivity contribution in [3.63, 3.8) is 0 Å². The van der Waals surface area contributed by atoms with Crippen molar-refractivity contribution in [2.24, 2.45) is 7.05 Å². The summed E-state index contributed by atoms with van der Waals surface area (Å²) in [7, 11) is 1.62. The van der Waals surface area contributed by atoms with Crippen molar-refractivity contribution in [3.05, 3.63) is 52.7 Å². The number of hydrogen-bond acceptors (Lipinski definition) is 6. The Bertz CT molecular complexity index is 1030. The van der Waals surface area contributed by atoms with Crippen molar-refractivity contribution in [3.8, 4) is 11.4 Å². The van der Waals surface area contributed by atoms with E-state index in [2.05, 4.69) is 20.1 Å². The molecule has 29 heavy (non-hydrogen) atoms. The Morgan fingerprint density at radius 3 is 2.48 bits per heavy atom. The number of aliphatic hydroxyl groups excluding tert-OH is 1. The third kappa shape index (κ3) is 3.53. The van der Waals surface area contributed by atoms with Gasteiger partial charge in [0.25, 0.3) is 0 Å². The summed E-state index contributed by atoms with van der Waals surface area (Å²) in [6.45, 7) is 1.57. The monoisotopic (exact) mass is 424 g/mol. The van der Waals surface area contributed by atoms with Gasteiger partial charge in [0.1, 0.15) is 23.4 Å². The first-order valence-electron chi connectivity index (χ1n) is 8.76. The average Bonchev–Trinajstić information content (AvgIpc) is 3.01. The van der Waals surface area contributed by atoms with Crippen LogP contribution < -0.4 is 4.90 Å². The number of alkyl halides is 3. The van der Waals surface area contributed by atoms with Gasteiger partial charge in [-0.1, -0.05) is 11.6 Å². The summed E-state index contributed by atoms with van der Waals surface area (Å²) < 4.78 is 40.0. The number of anilines is 1. The molecule has 4 rings (SSSR count). The Morgan fingerprint density at radius 1 is 1.14 bits per heavy atom. The molecule has 1 saturated heterocycles. The maximum Gasteiger partial charge on any atom is 0.417 e. The molecule has 1 aliphatic rings. The van der Waals surface area contributed by atoms with Crippen LogP contribution in [0.15, 0.2) is 30.9 Å². The Morgan fingerprint density at radius 2 is 1.90 bits per heavy atom. The van der Waals surface area contributed by atoms with Crippen molar-refractivity contribution in [1.29, 1.82) is 0 Å². The molecule has 11 heteroatoms. The number of pyridine rings is 1. The van der Waals surface area contributed by atoms with E-state index in [1.54, 1.807) is 7.05 Å². The van der Waals surface area contributed by atoms with Crippen LogP contribution in [0.3, 0.4) is 0 Å². The van der Waals surface area contributed by atoms with Crippen molar-refractivity contribution in [1.82, 2.24) is 24.7 Å². The van der Waals surface area contributed by atoms with Gasteiger partial charge in [-0.15, -0.1) is 0 Å². The molecule has 1 atom stereocenters. The molecule has 1 aliphatic heterocycles. The van der Waals surface area contributed by atoms with E-state index in [0.717, 1.165) is 31.8 Å². The molecule has 1 fully saturated rings. The Labute approximate surface area is 168 Å². The van der Waals surface area contributed by atoms with Crippen LogP contribution in [0.2, 0.25) is 5.15 Å². The van der Waals surface area contributed by atoms with Crippen molar-refractivity contribution in [2.45, 2.75) is 18.7 Å². The third-order valence-electron chi connectivity index (χ3n) is 4.84. The molecule has 7 nitrogen and oxygen atoms in total. The Hall–Kier alpha value is -2.72. The zero-order valence-electron chi connectivity index (χ0n) is 15.2. The normalized spacial score (nSPS) is 15.3. The highest BCUT2D eigenvalue weighted by atomic mass is 35.5.